The molecule has 0 saturated carbocycles. The molecule has 0 aliphatic rings. The Morgan fingerprint density at radius 3 is 2.67 bits per heavy atom. The van der Waals surface area contributed by atoms with Crippen LogP contribution in [0.4, 0.5) is 4.79 Å². The molecule has 2 aromatic carbocycles. The number of nitrogens with one attached hydrogen (secondary N) is 1. The highest BCUT2D eigenvalue weighted by molar-refractivity contribution is 5.67. The van der Waals surface area contributed by atoms with E-state index in [0.29, 0.717) is 19.5 Å². The van der Waals surface area contributed by atoms with E-state index in [1.807, 2.05) is 54.6 Å². The van der Waals surface area contributed by atoms with Crippen LogP contribution in [0.2, 0.25) is 0 Å². The van der Waals surface area contributed by atoms with Crippen LogP contribution in [0.5, 0.6) is 0 Å². The van der Waals surface area contributed by atoms with E-state index in [9.17, 15) is 4.79 Å². The molecule has 124 valence electrons. The number of nitrogens with two attached hydrogens (primary N) is 1. The van der Waals surface area contributed by atoms with Crippen LogP contribution in [0.3, 0.4) is 0 Å². The minimum Gasteiger partial charge on any atom is -0.445 e. The van der Waals surface area contributed by atoms with Gasteiger partial charge in [-0.25, -0.2) is 4.79 Å². The Morgan fingerprint density at radius 1 is 1.08 bits per heavy atom. The maximum Gasteiger partial charge on any atom is 0.407 e. The van der Waals surface area contributed by atoms with Crippen molar-refractivity contribution in [1.82, 2.24) is 5.32 Å². The Kier molecular flexibility index (Phi) is 7.39. The highest BCUT2D eigenvalue weighted by Gasteiger charge is 2.00. The van der Waals surface area contributed by atoms with Gasteiger partial charge in [0.25, 0.3) is 0 Å². The summed E-state index contributed by atoms with van der Waals surface area (Å²) < 4.78 is 5.13. The van der Waals surface area contributed by atoms with Crippen molar-refractivity contribution in [3.8, 4) is 11.8 Å². The van der Waals surface area contributed by atoms with Crippen molar-refractivity contribution in [2.75, 3.05) is 13.1 Å². The first-order chi connectivity index (χ1) is 11.8. The predicted octanol–water partition coefficient (Wildman–Crippen LogP) is 2.86. The molecular weight excluding hydrogens is 300 g/mol. The van der Waals surface area contributed by atoms with Crippen LogP contribution in [-0.2, 0) is 17.8 Å². The Morgan fingerprint density at radius 2 is 1.88 bits per heavy atom. The summed E-state index contributed by atoms with van der Waals surface area (Å²) in [5, 5.41) is 2.69. The fourth-order valence-electron chi connectivity index (χ4n) is 2.14. The standard InChI is InChI=1S/C20H22N2O2/c21-13-12-18-11-6-10-17(15-18)7-4-5-14-22-20(23)24-16-19-8-2-1-3-9-19/h1-3,6,8-11,15H,5,12-14,16,21H2,(H,22,23). The predicted molar refractivity (Wildman–Crippen MR) is 95.3 cm³/mol. The number of benzene rings is 2. The van der Waals surface area contributed by atoms with Crippen molar-refractivity contribution in [3.63, 3.8) is 0 Å². The minimum absolute atomic E-state index is 0.270. The largest absolute Gasteiger partial charge is 0.445 e. The summed E-state index contributed by atoms with van der Waals surface area (Å²) in [6, 6.07) is 17.6. The lowest BCUT2D eigenvalue weighted by Gasteiger charge is -2.05. The third kappa shape index (κ3) is 6.55. The number of carbonyl (C=O) groups excluding carboxylic acids is 1. The quantitative estimate of drug-likeness (QED) is 0.635. The first kappa shape index (κ1) is 17.6. The van der Waals surface area contributed by atoms with Crippen molar-refractivity contribution in [2.24, 2.45) is 5.73 Å². The number of amides is 1. The fraction of sp³-hybridized carbons (Fsp3) is 0.250. The molecule has 1 amide bonds. The second kappa shape index (κ2) is 10.1. The zero-order chi connectivity index (χ0) is 17.0. The monoisotopic (exact) mass is 322 g/mol. The topological polar surface area (TPSA) is 64.3 Å². The lowest BCUT2D eigenvalue weighted by atomic mass is 10.1. The molecule has 0 atom stereocenters. The molecule has 2 aromatic rings. The smallest absolute Gasteiger partial charge is 0.407 e. The van der Waals surface area contributed by atoms with Gasteiger partial charge in [-0.15, -0.1) is 0 Å². The average molecular weight is 322 g/mol. The molecule has 3 N–H and O–H groups in total. The second-order valence-electron chi connectivity index (χ2n) is 5.28. The number of ether oxygens (including phenoxy) is 1. The van der Waals surface area contributed by atoms with E-state index in [4.69, 9.17) is 10.5 Å². The molecule has 4 heteroatoms. The van der Waals surface area contributed by atoms with Crippen LogP contribution >= 0.6 is 0 Å². The number of hydrogen-bond donors (Lipinski definition) is 2. The van der Waals surface area contributed by atoms with Crippen molar-refractivity contribution < 1.29 is 9.53 Å². The molecule has 4 nitrogen and oxygen atoms in total. The molecule has 2 rings (SSSR count). The van der Waals surface area contributed by atoms with Crippen molar-refractivity contribution in [3.05, 3.63) is 71.3 Å². The molecule has 0 bridgehead atoms. The summed E-state index contributed by atoms with van der Waals surface area (Å²) in [5.74, 6) is 6.14. The molecule has 0 saturated heterocycles. The van der Waals surface area contributed by atoms with Gasteiger partial charge >= 0.3 is 6.09 Å². The molecule has 24 heavy (non-hydrogen) atoms. The van der Waals surface area contributed by atoms with Gasteiger partial charge in [0.2, 0.25) is 0 Å². The van der Waals surface area contributed by atoms with Gasteiger partial charge in [0.1, 0.15) is 6.61 Å². The highest BCUT2D eigenvalue weighted by Crippen LogP contribution is 2.04. The van der Waals surface area contributed by atoms with Crippen LogP contribution in [0, 0.1) is 11.8 Å². The van der Waals surface area contributed by atoms with Crippen molar-refractivity contribution in [1.29, 1.82) is 0 Å². The zero-order valence-corrected chi connectivity index (χ0v) is 13.6. The molecule has 0 aliphatic heterocycles. The Bertz CT molecular complexity index is 702. The van der Waals surface area contributed by atoms with Crippen LogP contribution in [0.25, 0.3) is 0 Å². The SMILES string of the molecule is NCCc1cccc(C#CCCNC(=O)OCc2ccccc2)c1. The van der Waals surface area contributed by atoms with E-state index < -0.39 is 6.09 Å². The third-order valence-electron chi connectivity index (χ3n) is 3.32. The minimum atomic E-state index is -0.425. The second-order valence-corrected chi connectivity index (χ2v) is 5.28. The van der Waals surface area contributed by atoms with Gasteiger partial charge < -0.3 is 15.8 Å². The maximum absolute atomic E-state index is 11.6. The van der Waals surface area contributed by atoms with Crippen LogP contribution in [0.1, 0.15) is 23.1 Å². The Balaban J connectivity index is 1.67. The van der Waals surface area contributed by atoms with Crippen LogP contribution in [0.15, 0.2) is 54.6 Å². The van der Waals surface area contributed by atoms with E-state index in [0.717, 1.165) is 17.5 Å². The number of hydrogen-bond acceptors (Lipinski definition) is 3. The maximum atomic E-state index is 11.6. The van der Waals surface area contributed by atoms with E-state index in [1.165, 1.54) is 5.56 Å². The molecule has 0 radical (unpaired) electrons. The fourth-order valence-corrected chi connectivity index (χ4v) is 2.14. The lowest BCUT2D eigenvalue weighted by Crippen LogP contribution is -2.24. The van der Waals surface area contributed by atoms with E-state index in [2.05, 4.69) is 17.2 Å². The summed E-state index contributed by atoms with van der Waals surface area (Å²) in [5.41, 5.74) is 8.67. The molecule has 0 heterocycles. The molecular formula is C20H22N2O2. The first-order valence-corrected chi connectivity index (χ1v) is 8.00. The molecule has 0 spiro atoms. The number of rotatable bonds is 6. The normalized spacial score (nSPS) is 9.71. The number of alkyl carbamates (subject to hydrolysis) is 1. The first-order valence-electron chi connectivity index (χ1n) is 8.00. The van der Waals surface area contributed by atoms with Gasteiger partial charge in [-0.05, 0) is 36.2 Å². The molecule has 0 aromatic heterocycles. The highest BCUT2D eigenvalue weighted by atomic mass is 16.5. The van der Waals surface area contributed by atoms with Gasteiger partial charge in [-0.3, -0.25) is 0 Å². The van der Waals surface area contributed by atoms with Gasteiger partial charge in [-0.1, -0.05) is 54.3 Å². The summed E-state index contributed by atoms with van der Waals surface area (Å²) in [7, 11) is 0. The Hall–Kier alpha value is -2.77. The van der Waals surface area contributed by atoms with Gasteiger partial charge in [0.05, 0.1) is 0 Å². The van der Waals surface area contributed by atoms with Crippen LogP contribution in [-0.4, -0.2) is 19.2 Å². The van der Waals surface area contributed by atoms with Crippen molar-refractivity contribution >= 4 is 6.09 Å². The van der Waals surface area contributed by atoms with Crippen LogP contribution < -0.4 is 11.1 Å². The average Bonchev–Trinajstić information content (AvgIpc) is 2.61. The summed E-state index contributed by atoms with van der Waals surface area (Å²) in [6.07, 6.45) is 0.997. The molecule has 0 unspecified atom stereocenters. The summed E-state index contributed by atoms with van der Waals surface area (Å²) >= 11 is 0. The van der Waals surface area contributed by atoms with E-state index in [-0.39, 0.29) is 6.61 Å². The van der Waals surface area contributed by atoms with E-state index >= 15 is 0 Å². The van der Waals surface area contributed by atoms with E-state index in [1.54, 1.807) is 0 Å². The molecule has 0 fully saturated rings. The zero-order valence-electron chi connectivity index (χ0n) is 13.6. The van der Waals surface area contributed by atoms with Gasteiger partial charge in [-0.2, -0.15) is 0 Å². The Labute approximate surface area is 143 Å². The van der Waals surface area contributed by atoms with Gasteiger partial charge in [0.15, 0.2) is 0 Å². The number of carbonyl (C=O) groups is 1. The summed E-state index contributed by atoms with van der Waals surface area (Å²) in [4.78, 5) is 11.6. The third-order valence-corrected chi connectivity index (χ3v) is 3.32. The molecule has 0 aliphatic carbocycles. The lowest BCUT2D eigenvalue weighted by molar-refractivity contribution is 0.140. The van der Waals surface area contributed by atoms with Gasteiger partial charge in [0, 0.05) is 18.5 Å². The van der Waals surface area contributed by atoms with Crippen molar-refractivity contribution in [2.45, 2.75) is 19.4 Å². The summed E-state index contributed by atoms with van der Waals surface area (Å²) in [6.45, 7) is 1.36.